The quantitative estimate of drug-likeness (QED) is 0.810. The van der Waals surface area contributed by atoms with Crippen molar-refractivity contribution in [2.75, 3.05) is 31.2 Å². The van der Waals surface area contributed by atoms with Crippen LogP contribution in [0.1, 0.15) is 26.1 Å². The van der Waals surface area contributed by atoms with E-state index in [0.29, 0.717) is 26.3 Å². The smallest absolute Gasteiger partial charge is 0.245 e. The molecular formula is C14H21BrN4O2. The molecule has 1 aromatic heterocycles. The maximum Gasteiger partial charge on any atom is 0.245 e. The Balaban J connectivity index is 2.21. The Labute approximate surface area is 133 Å². The molecule has 0 saturated carbocycles. The lowest BCUT2D eigenvalue weighted by atomic mass is 10.2. The largest absolute Gasteiger partial charge is 0.377 e. The van der Waals surface area contributed by atoms with Crippen molar-refractivity contribution in [2.24, 2.45) is 0 Å². The van der Waals surface area contributed by atoms with Crippen LogP contribution in [0.4, 0.5) is 5.82 Å². The van der Waals surface area contributed by atoms with Gasteiger partial charge in [-0.05, 0) is 22.4 Å². The van der Waals surface area contributed by atoms with Gasteiger partial charge >= 0.3 is 0 Å². The van der Waals surface area contributed by atoms with E-state index in [1.807, 2.05) is 24.8 Å². The van der Waals surface area contributed by atoms with Crippen molar-refractivity contribution >= 4 is 27.7 Å². The molecule has 2 heterocycles. The molecule has 0 radical (unpaired) electrons. The van der Waals surface area contributed by atoms with Crippen LogP contribution in [0.2, 0.25) is 0 Å². The minimum Gasteiger partial charge on any atom is -0.377 e. The van der Waals surface area contributed by atoms with Crippen LogP contribution < -0.4 is 10.2 Å². The minimum atomic E-state index is -0.336. The van der Waals surface area contributed by atoms with Crippen LogP contribution in [0.25, 0.3) is 0 Å². The first kappa shape index (κ1) is 16.2. The van der Waals surface area contributed by atoms with Crippen LogP contribution in [0.3, 0.4) is 0 Å². The maximum atomic E-state index is 12.3. The molecule has 0 aromatic carbocycles. The zero-order valence-electron chi connectivity index (χ0n) is 12.4. The van der Waals surface area contributed by atoms with Gasteiger partial charge in [0.25, 0.3) is 0 Å². The molecule has 1 amide bonds. The maximum absolute atomic E-state index is 12.3. The molecule has 6 nitrogen and oxygen atoms in total. The molecular weight excluding hydrogens is 336 g/mol. The third kappa shape index (κ3) is 4.14. The van der Waals surface area contributed by atoms with E-state index in [1.165, 1.54) is 0 Å². The van der Waals surface area contributed by atoms with Crippen molar-refractivity contribution in [2.45, 2.75) is 32.7 Å². The molecule has 1 fully saturated rings. The zero-order valence-corrected chi connectivity index (χ0v) is 14.0. The molecule has 0 bridgehead atoms. The Morgan fingerprint density at radius 1 is 1.52 bits per heavy atom. The van der Waals surface area contributed by atoms with Crippen molar-refractivity contribution in [1.82, 2.24) is 15.3 Å². The number of rotatable bonds is 5. The Bertz CT molecular complexity index is 498. The molecule has 0 spiro atoms. The Morgan fingerprint density at radius 3 is 3.05 bits per heavy atom. The van der Waals surface area contributed by atoms with Gasteiger partial charge in [-0.2, -0.15) is 0 Å². The summed E-state index contributed by atoms with van der Waals surface area (Å²) in [6.07, 6.45) is 1.67. The van der Waals surface area contributed by atoms with E-state index < -0.39 is 0 Å². The first-order valence-electron chi connectivity index (χ1n) is 7.31. The lowest BCUT2D eigenvalue weighted by Crippen LogP contribution is -2.54. The molecule has 1 N–H and O–H groups in total. The van der Waals surface area contributed by atoms with Crippen LogP contribution >= 0.6 is 15.9 Å². The number of hydrogen-bond acceptors (Lipinski definition) is 5. The Morgan fingerprint density at radius 2 is 2.33 bits per heavy atom. The Hall–Kier alpha value is -1.21. The van der Waals surface area contributed by atoms with Gasteiger partial charge in [-0.15, -0.1) is 0 Å². The molecule has 0 aliphatic carbocycles. The molecule has 7 heteroatoms. The van der Waals surface area contributed by atoms with Crippen LogP contribution in [0.5, 0.6) is 0 Å². The van der Waals surface area contributed by atoms with E-state index in [2.05, 4.69) is 31.2 Å². The first-order chi connectivity index (χ1) is 10.2. The second-order valence-electron chi connectivity index (χ2n) is 4.89. The molecule has 116 valence electrons. The highest BCUT2D eigenvalue weighted by Crippen LogP contribution is 2.21. The van der Waals surface area contributed by atoms with Crippen LogP contribution in [0.15, 0.2) is 10.7 Å². The van der Waals surface area contributed by atoms with Crippen molar-refractivity contribution < 1.29 is 9.53 Å². The summed E-state index contributed by atoms with van der Waals surface area (Å²) >= 11 is 3.41. The summed E-state index contributed by atoms with van der Waals surface area (Å²) in [5.41, 5.74) is 0. The molecule has 2 rings (SSSR count). The van der Waals surface area contributed by atoms with E-state index in [-0.39, 0.29) is 11.9 Å². The van der Waals surface area contributed by atoms with Gasteiger partial charge in [-0.25, -0.2) is 9.97 Å². The van der Waals surface area contributed by atoms with Gasteiger partial charge in [-0.3, -0.25) is 4.79 Å². The summed E-state index contributed by atoms with van der Waals surface area (Å²) in [4.78, 5) is 23.1. The summed E-state index contributed by atoms with van der Waals surface area (Å²) in [5, 5.41) is 2.93. The van der Waals surface area contributed by atoms with Crippen molar-refractivity contribution in [3.63, 3.8) is 0 Å². The molecule has 21 heavy (non-hydrogen) atoms. The lowest BCUT2D eigenvalue weighted by Gasteiger charge is -2.35. The van der Waals surface area contributed by atoms with Crippen LogP contribution in [0, 0.1) is 0 Å². The molecule has 1 aromatic rings. The zero-order chi connectivity index (χ0) is 15.2. The fraction of sp³-hybridized carbons (Fsp3) is 0.643. The highest BCUT2D eigenvalue weighted by atomic mass is 79.9. The van der Waals surface area contributed by atoms with Gasteiger partial charge in [0.15, 0.2) is 0 Å². The normalized spacial score (nSPS) is 18.6. The van der Waals surface area contributed by atoms with Crippen LogP contribution in [-0.2, 0) is 16.0 Å². The number of ether oxygens (including phenoxy) is 1. The predicted molar refractivity (Wildman–Crippen MR) is 84.4 cm³/mol. The number of carbonyl (C=O) groups is 1. The van der Waals surface area contributed by atoms with Crippen molar-refractivity contribution in [3.05, 3.63) is 16.5 Å². The van der Waals surface area contributed by atoms with Gasteiger partial charge in [0.1, 0.15) is 22.3 Å². The highest BCUT2D eigenvalue weighted by molar-refractivity contribution is 9.10. The number of anilines is 1. The second-order valence-corrected chi connectivity index (χ2v) is 5.71. The Kier molecular flexibility index (Phi) is 5.93. The fourth-order valence-electron chi connectivity index (χ4n) is 2.22. The van der Waals surface area contributed by atoms with Gasteiger partial charge in [0.05, 0.1) is 13.2 Å². The van der Waals surface area contributed by atoms with Gasteiger partial charge < -0.3 is 15.0 Å². The third-order valence-corrected chi connectivity index (χ3v) is 3.72. The predicted octanol–water partition coefficient (Wildman–Crippen LogP) is 1.53. The minimum absolute atomic E-state index is 0.00988. The number of hydrogen-bond donors (Lipinski definition) is 1. The molecule has 1 atom stereocenters. The number of aryl methyl sites for hydroxylation is 1. The van der Waals surface area contributed by atoms with E-state index in [1.54, 1.807) is 0 Å². The molecule has 1 aliphatic heterocycles. The summed E-state index contributed by atoms with van der Waals surface area (Å²) in [7, 11) is 0. The summed E-state index contributed by atoms with van der Waals surface area (Å²) in [5.74, 6) is 1.52. The van der Waals surface area contributed by atoms with E-state index in [4.69, 9.17) is 4.74 Å². The number of aromatic nitrogens is 2. The lowest BCUT2D eigenvalue weighted by molar-refractivity contribution is -0.124. The number of morpholine rings is 1. The third-order valence-electron chi connectivity index (χ3n) is 3.32. The number of nitrogens with one attached hydrogen (secondary N) is 1. The first-order valence-corrected chi connectivity index (χ1v) is 8.10. The number of halogens is 1. The summed E-state index contributed by atoms with van der Waals surface area (Å²) < 4.78 is 6.20. The van der Waals surface area contributed by atoms with Crippen molar-refractivity contribution in [1.29, 1.82) is 0 Å². The number of amides is 1. The average molecular weight is 357 g/mol. The SMILES string of the molecule is CCCNC(=O)C1COCCN1c1cc(Br)nc(CC)n1. The van der Waals surface area contributed by atoms with Crippen LogP contribution in [-0.4, -0.2) is 48.2 Å². The number of nitrogens with zero attached hydrogens (tertiary/aromatic N) is 3. The molecule has 1 saturated heterocycles. The van der Waals surface area contributed by atoms with E-state index in [9.17, 15) is 4.79 Å². The average Bonchev–Trinajstić information content (AvgIpc) is 2.51. The van der Waals surface area contributed by atoms with E-state index in [0.717, 1.165) is 29.1 Å². The van der Waals surface area contributed by atoms with Gasteiger partial charge in [-0.1, -0.05) is 13.8 Å². The van der Waals surface area contributed by atoms with Gasteiger partial charge in [0, 0.05) is 25.6 Å². The number of carbonyl (C=O) groups excluding carboxylic acids is 1. The van der Waals surface area contributed by atoms with Gasteiger partial charge in [0.2, 0.25) is 5.91 Å². The molecule has 1 unspecified atom stereocenters. The fourth-order valence-corrected chi connectivity index (χ4v) is 2.63. The summed E-state index contributed by atoms with van der Waals surface area (Å²) in [6.45, 7) is 6.35. The highest BCUT2D eigenvalue weighted by Gasteiger charge is 2.30. The molecule has 1 aliphatic rings. The standard InChI is InChI=1S/C14H21BrN4O2/c1-3-5-16-14(20)10-9-21-7-6-19(10)13-8-11(15)17-12(4-2)18-13/h8,10H,3-7,9H2,1-2H3,(H,16,20). The topological polar surface area (TPSA) is 67.3 Å². The van der Waals surface area contributed by atoms with E-state index >= 15 is 0 Å². The second kappa shape index (κ2) is 7.70. The van der Waals surface area contributed by atoms with Crippen molar-refractivity contribution in [3.8, 4) is 0 Å². The monoisotopic (exact) mass is 356 g/mol. The summed E-state index contributed by atoms with van der Waals surface area (Å²) in [6, 6.07) is 1.52.